The number of hydrogen-bond acceptors (Lipinski definition) is 4. The van der Waals surface area contributed by atoms with Crippen molar-refractivity contribution in [1.29, 1.82) is 0 Å². The molecule has 0 aliphatic heterocycles. The molecule has 126 valence electrons. The van der Waals surface area contributed by atoms with Gasteiger partial charge in [-0.1, -0.05) is 19.1 Å². The molecule has 0 unspecified atom stereocenters. The maximum Gasteiger partial charge on any atom is 0.240 e. The van der Waals surface area contributed by atoms with Crippen molar-refractivity contribution in [3.05, 3.63) is 52.2 Å². The predicted octanol–water partition coefficient (Wildman–Crippen LogP) is 3.46. The van der Waals surface area contributed by atoms with Gasteiger partial charge >= 0.3 is 0 Å². The van der Waals surface area contributed by atoms with Gasteiger partial charge in [0.1, 0.15) is 0 Å². The Kier molecular flexibility index (Phi) is 6.35. The number of sulfonamides is 1. The lowest BCUT2D eigenvalue weighted by molar-refractivity contribution is 0.186. The van der Waals surface area contributed by atoms with Crippen molar-refractivity contribution >= 4 is 21.4 Å². The second-order valence-corrected chi connectivity index (χ2v) is 8.31. The van der Waals surface area contributed by atoms with Crippen LogP contribution in [0.3, 0.4) is 0 Å². The molecule has 6 heteroatoms. The van der Waals surface area contributed by atoms with Crippen LogP contribution in [0, 0.1) is 0 Å². The Hall–Kier alpha value is -1.21. The van der Waals surface area contributed by atoms with E-state index in [1.165, 1.54) is 12.6 Å². The van der Waals surface area contributed by atoms with E-state index >= 15 is 0 Å². The summed E-state index contributed by atoms with van der Waals surface area (Å²) >= 11 is 1.71. The topological polar surface area (TPSA) is 49.4 Å². The van der Waals surface area contributed by atoms with E-state index < -0.39 is 10.0 Å². The number of thiophene rings is 1. The summed E-state index contributed by atoms with van der Waals surface area (Å²) in [6.45, 7) is 6.14. The van der Waals surface area contributed by atoms with E-state index in [4.69, 9.17) is 0 Å². The summed E-state index contributed by atoms with van der Waals surface area (Å²) in [5.74, 6) is 0. The largest absolute Gasteiger partial charge is 0.292 e. The summed E-state index contributed by atoms with van der Waals surface area (Å²) in [6.07, 6.45) is 1.08. The van der Waals surface area contributed by atoms with Crippen molar-refractivity contribution in [2.45, 2.75) is 44.3 Å². The molecule has 2 aromatic rings. The Morgan fingerprint density at radius 3 is 2.30 bits per heavy atom. The Morgan fingerprint density at radius 2 is 1.78 bits per heavy atom. The normalized spacial score (nSPS) is 13.4. The number of nitrogens with zero attached hydrogens (tertiary/aromatic N) is 1. The molecule has 2 rings (SSSR count). The fraction of sp³-hybridized carbons (Fsp3) is 0.412. The Labute approximate surface area is 143 Å². The predicted molar refractivity (Wildman–Crippen MR) is 96.0 cm³/mol. The third-order valence-corrected chi connectivity index (χ3v) is 6.23. The summed E-state index contributed by atoms with van der Waals surface area (Å²) in [5, 5.41) is 4.28. The van der Waals surface area contributed by atoms with Crippen LogP contribution in [0.5, 0.6) is 0 Å². The second kappa shape index (κ2) is 8.06. The van der Waals surface area contributed by atoms with Crippen LogP contribution >= 0.6 is 11.3 Å². The first-order chi connectivity index (χ1) is 11.0. The smallest absolute Gasteiger partial charge is 0.240 e. The molecule has 1 heterocycles. The van der Waals surface area contributed by atoms with Crippen LogP contribution in [0.4, 0.5) is 0 Å². The summed E-state index contributed by atoms with van der Waals surface area (Å²) in [4.78, 5) is 2.72. The van der Waals surface area contributed by atoms with Crippen molar-refractivity contribution < 1.29 is 8.42 Å². The minimum absolute atomic E-state index is 0.302. The second-order valence-electron chi connectivity index (χ2n) is 5.65. The molecule has 1 N–H and O–H groups in total. The van der Waals surface area contributed by atoms with Crippen LogP contribution in [0.25, 0.3) is 0 Å². The van der Waals surface area contributed by atoms with E-state index in [2.05, 4.69) is 40.3 Å². The van der Waals surface area contributed by atoms with E-state index in [1.54, 1.807) is 23.5 Å². The van der Waals surface area contributed by atoms with Gasteiger partial charge in [0.25, 0.3) is 0 Å². The van der Waals surface area contributed by atoms with Crippen molar-refractivity contribution in [3.63, 3.8) is 0 Å². The number of hydrogen-bond donors (Lipinski definition) is 1. The Bertz CT molecular complexity index is 695. The van der Waals surface area contributed by atoms with Crippen LogP contribution in [0.2, 0.25) is 0 Å². The zero-order valence-electron chi connectivity index (χ0n) is 13.8. The lowest BCUT2D eigenvalue weighted by Gasteiger charge is -2.28. The van der Waals surface area contributed by atoms with Crippen molar-refractivity contribution in [3.8, 4) is 0 Å². The van der Waals surface area contributed by atoms with E-state index in [-0.39, 0.29) is 0 Å². The molecule has 0 amide bonds. The molecule has 0 radical (unpaired) electrons. The molecular weight excluding hydrogens is 328 g/mol. The molecule has 0 aliphatic carbocycles. The zero-order valence-corrected chi connectivity index (χ0v) is 15.5. The molecular formula is C17H24N2O2S2. The van der Waals surface area contributed by atoms with E-state index in [9.17, 15) is 8.42 Å². The van der Waals surface area contributed by atoms with Gasteiger partial charge in [-0.15, -0.1) is 0 Å². The van der Waals surface area contributed by atoms with Crippen LogP contribution in [0.1, 0.15) is 31.4 Å². The van der Waals surface area contributed by atoms with Crippen molar-refractivity contribution in [1.82, 2.24) is 9.62 Å². The molecule has 23 heavy (non-hydrogen) atoms. The zero-order chi connectivity index (χ0) is 16.9. The molecule has 0 spiro atoms. The van der Waals surface area contributed by atoms with Crippen LogP contribution in [-0.2, 0) is 23.1 Å². The molecule has 0 saturated carbocycles. The van der Waals surface area contributed by atoms with Crippen LogP contribution in [0.15, 0.2) is 46.0 Å². The van der Waals surface area contributed by atoms with Crippen molar-refractivity contribution in [2.24, 2.45) is 0 Å². The number of rotatable bonds is 8. The van der Waals surface area contributed by atoms with Gasteiger partial charge in [0.05, 0.1) is 4.90 Å². The highest BCUT2D eigenvalue weighted by Gasteiger charge is 2.15. The van der Waals surface area contributed by atoms with Gasteiger partial charge in [-0.25, -0.2) is 13.1 Å². The highest BCUT2D eigenvalue weighted by Crippen LogP contribution is 2.18. The third kappa shape index (κ3) is 4.88. The van der Waals surface area contributed by atoms with E-state index in [0.29, 0.717) is 10.9 Å². The highest BCUT2D eigenvalue weighted by molar-refractivity contribution is 7.89. The first-order valence-corrected chi connectivity index (χ1v) is 10.2. The standard InChI is InChI=1S/C17H24N2O2S2/c1-4-14(2)19(12-16-9-10-22-13-16)11-15-5-7-17(8-6-15)23(20,21)18-3/h5-10,13-14,18H,4,11-12H2,1-3H3/t14-/m0/s1. The molecule has 0 saturated heterocycles. The van der Waals surface area contributed by atoms with Gasteiger partial charge in [0.2, 0.25) is 10.0 Å². The van der Waals surface area contributed by atoms with Crippen molar-refractivity contribution in [2.75, 3.05) is 7.05 Å². The first-order valence-electron chi connectivity index (χ1n) is 7.74. The lowest BCUT2D eigenvalue weighted by atomic mass is 10.1. The maximum absolute atomic E-state index is 11.8. The quantitative estimate of drug-likeness (QED) is 0.791. The monoisotopic (exact) mass is 352 g/mol. The van der Waals surface area contributed by atoms with Gasteiger partial charge in [0.15, 0.2) is 0 Å². The van der Waals surface area contributed by atoms with Gasteiger partial charge < -0.3 is 0 Å². The average molecular weight is 353 g/mol. The molecule has 0 aliphatic rings. The average Bonchev–Trinajstić information content (AvgIpc) is 3.07. The van der Waals surface area contributed by atoms with Gasteiger partial charge in [-0.05, 0) is 60.5 Å². The Morgan fingerprint density at radius 1 is 1.13 bits per heavy atom. The fourth-order valence-corrected chi connectivity index (χ4v) is 3.76. The third-order valence-electron chi connectivity index (χ3n) is 4.07. The molecule has 4 nitrogen and oxygen atoms in total. The molecule has 0 bridgehead atoms. The SMILES string of the molecule is CC[C@H](C)N(Cc1ccc(S(=O)(=O)NC)cc1)Cc1ccsc1. The van der Waals surface area contributed by atoms with Crippen LogP contribution < -0.4 is 4.72 Å². The fourth-order valence-electron chi connectivity index (χ4n) is 2.37. The van der Waals surface area contributed by atoms with Gasteiger partial charge in [-0.2, -0.15) is 11.3 Å². The number of benzene rings is 1. The minimum atomic E-state index is -3.37. The van der Waals surface area contributed by atoms with E-state index in [0.717, 1.165) is 25.1 Å². The first kappa shape index (κ1) is 18.1. The number of nitrogens with one attached hydrogen (secondary N) is 1. The van der Waals surface area contributed by atoms with E-state index in [1.807, 2.05) is 12.1 Å². The molecule has 0 fully saturated rings. The van der Waals surface area contributed by atoms with Gasteiger partial charge in [-0.3, -0.25) is 4.90 Å². The molecule has 1 atom stereocenters. The van der Waals surface area contributed by atoms with Crippen LogP contribution in [-0.4, -0.2) is 26.4 Å². The molecule has 1 aromatic heterocycles. The summed E-state index contributed by atoms with van der Waals surface area (Å²) < 4.78 is 25.9. The lowest BCUT2D eigenvalue weighted by Crippen LogP contribution is -2.31. The Balaban J connectivity index is 2.13. The summed E-state index contributed by atoms with van der Waals surface area (Å²) in [6, 6.07) is 9.75. The molecule has 1 aromatic carbocycles. The highest BCUT2D eigenvalue weighted by atomic mass is 32.2. The van der Waals surface area contributed by atoms with Gasteiger partial charge in [0, 0.05) is 19.1 Å². The maximum atomic E-state index is 11.8. The summed E-state index contributed by atoms with van der Waals surface area (Å²) in [7, 11) is -1.94. The summed E-state index contributed by atoms with van der Waals surface area (Å²) in [5.41, 5.74) is 2.44. The minimum Gasteiger partial charge on any atom is -0.292 e.